The van der Waals surface area contributed by atoms with E-state index in [9.17, 15) is 4.79 Å². The van der Waals surface area contributed by atoms with Crippen LogP contribution in [0, 0.1) is 5.92 Å². The van der Waals surface area contributed by atoms with E-state index in [4.69, 9.17) is 5.73 Å². The van der Waals surface area contributed by atoms with Gasteiger partial charge >= 0.3 is 0 Å². The number of hydrogen-bond donors (Lipinski definition) is 2. The number of rotatable bonds is 7. The van der Waals surface area contributed by atoms with Crippen molar-refractivity contribution in [2.75, 3.05) is 25.5 Å². The summed E-state index contributed by atoms with van der Waals surface area (Å²) in [5, 5.41) is 2.94. The van der Waals surface area contributed by atoms with E-state index >= 15 is 0 Å². The molecule has 1 aromatic rings. The van der Waals surface area contributed by atoms with E-state index in [1.165, 1.54) is 0 Å². The lowest BCUT2D eigenvalue weighted by atomic mass is 10.0. The molecule has 0 radical (unpaired) electrons. The molecule has 1 amide bonds. The Kier molecular flexibility index (Phi) is 6.36. The highest BCUT2D eigenvalue weighted by atomic mass is 16.1. The van der Waals surface area contributed by atoms with Crippen molar-refractivity contribution in [3.63, 3.8) is 0 Å². The Hall–Kier alpha value is -1.55. The largest absolute Gasteiger partial charge is 0.378 e. The zero-order chi connectivity index (χ0) is 14.3. The summed E-state index contributed by atoms with van der Waals surface area (Å²) in [6.07, 6.45) is 1.46. The van der Waals surface area contributed by atoms with E-state index in [2.05, 4.69) is 29.3 Å². The van der Waals surface area contributed by atoms with Gasteiger partial charge < -0.3 is 16.0 Å². The van der Waals surface area contributed by atoms with Gasteiger partial charge in [-0.3, -0.25) is 4.79 Å². The fourth-order valence-corrected chi connectivity index (χ4v) is 1.84. The predicted octanol–water partition coefficient (Wildman–Crippen LogP) is 1.74. The van der Waals surface area contributed by atoms with Gasteiger partial charge in [0.1, 0.15) is 0 Å². The Morgan fingerprint density at radius 3 is 2.42 bits per heavy atom. The molecule has 4 heteroatoms. The van der Waals surface area contributed by atoms with Crippen LogP contribution in [-0.2, 0) is 11.3 Å². The molecular weight excluding hydrogens is 238 g/mol. The van der Waals surface area contributed by atoms with Crippen LogP contribution < -0.4 is 16.0 Å². The highest BCUT2D eigenvalue weighted by Gasteiger charge is 2.09. The third-order valence-corrected chi connectivity index (χ3v) is 3.33. The molecule has 0 spiro atoms. The maximum atomic E-state index is 11.7. The summed E-state index contributed by atoms with van der Waals surface area (Å²) >= 11 is 0. The molecule has 106 valence electrons. The van der Waals surface area contributed by atoms with Crippen molar-refractivity contribution in [3.05, 3.63) is 29.8 Å². The van der Waals surface area contributed by atoms with Crippen molar-refractivity contribution in [3.8, 4) is 0 Å². The van der Waals surface area contributed by atoms with Crippen molar-refractivity contribution in [1.82, 2.24) is 5.32 Å². The topological polar surface area (TPSA) is 58.4 Å². The Morgan fingerprint density at radius 1 is 1.32 bits per heavy atom. The van der Waals surface area contributed by atoms with Gasteiger partial charge in [0, 0.05) is 32.7 Å². The Labute approximate surface area is 116 Å². The zero-order valence-corrected chi connectivity index (χ0v) is 12.1. The normalized spacial score (nSPS) is 12.0. The fraction of sp³-hybridized carbons (Fsp3) is 0.533. The summed E-state index contributed by atoms with van der Waals surface area (Å²) in [6, 6.07) is 8.18. The van der Waals surface area contributed by atoms with E-state index in [1.54, 1.807) is 0 Å². The monoisotopic (exact) mass is 263 g/mol. The predicted molar refractivity (Wildman–Crippen MR) is 80.1 cm³/mol. The lowest BCUT2D eigenvalue weighted by Gasteiger charge is -2.14. The number of nitrogens with zero attached hydrogens (tertiary/aromatic N) is 1. The number of benzene rings is 1. The number of carbonyl (C=O) groups excluding carboxylic acids is 1. The van der Waals surface area contributed by atoms with Gasteiger partial charge in [0.05, 0.1) is 0 Å². The molecule has 0 saturated carbocycles. The summed E-state index contributed by atoms with van der Waals surface area (Å²) in [6.45, 7) is 3.21. The smallest absolute Gasteiger partial charge is 0.220 e. The molecule has 0 heterocycles. The van der Waals surface area contributed by atoms with Crippen LogP contribution in [0.4, 0.5) is 5.69 Å². The third kappa shape index (κ3) is 5.30. The quantitative estimate of drug-likeness (QED) is 0.788. The first-order valence-corrected chi connectivity index (χ1v) is 6.79. The molecule has 1 unspecified atom stereocenters. The number of hydrogen-bond acceptors (Lipinski definition) is 3. The molecule has 1 aromatic carbocycles. The third-order valence-electron chi connectivity index (χ3n) is 3.33. The van der Waals surface area contributed by atoms with E-state index < -0.39 is 0 Å². The summed E-state index contributed by atoms with van der Waals surface area (Å²) in [7, 11) is 4.02. The number of nitrogens with two attached hydrogens (primary N) is 1. The second-order valence-electron chi connectivity index (χ2n) is 5.05. The highest BCUT2D eigenvalue weighted by Crippen LogP contribution is 2.12. The van der Waals surface area contributed by atoms with E-state index in [1.807, 2.05) is 26.2 Å². The molecule has 4 nitrogen and oxygen atoms in total. The SMILES string of the molecule is CCC(CN)CC(=O)NCc1ccc(N(C)C)cc1. The van der Waals surface area contributed by atoms with Crippen LogP contribution in [0.1, 0.15) is 25.3 Å². The first-order valence-electron chi connectivity index (χ1n) is 6.79. The van der Waals surface area contributed by atoms with Crippen LogP contribution in [-0.4, -0.2) is 26.5 Å². The minimum Gasteiger partial charge on any atom is -0.378 e. The first kappa shape index (κ1) is 15.5. The maximum absolute atomic E-state index is 11.7. The molecule has 0 aromatic heterocycles. The van der Waals surface area contributed by atoms with Gasteiger partial charge in [0.15, 0.2) is 0 Å². The van der Waals surface area contributed by atoms with Gasteiger partial charge in [0.25, 0.3) is 0 Å². The summed E-state index contributed by atoms with van der Waals surface area (Å²) in [4.78, 5) is 13.8. The van der Waals surface area contributed by atoms with E-state index in [0.717, 1.165) is 17.7 Å². The van der Waals surface area contributed by atoms with Gasteiger partial charge in [-0.1, -0.05) is 25.5 Å². The molecule has 0 aliphatic carbocycles. The molecule has 0 fully saturated rings. The number of anilines is 1. The van der Waals surface area contributed by atoms with Crippen molar-refractivity contribution in [2.45, 2.75) is 26.3 Å². The lowest BCUT2D eigenvalue weighted by molar-refractivity contribution is -0.122. The van der Waals surface area contributed by atoms with Crippen LogP contribution >= 0.6 is 0 Å². The van der Waals surface area contributed by atoms with Crippen molar-refractivity contribution in [2.24, 2.45) is 11.7 Å². The summed E-state index contributed by atoms with van der Waals surface area (Å²) < 4.78 is 0. The molecule has 0 saturated heterocycles. The first-order chi connectivity index (χ1) is 9.06. The Bertz CT molecular complexity index is 383. The van der Waals surface area contributed by atoms with Crippen molar-refractivity contribution in [1.29, 1.82) is 0 Å². The Balaban J connectivity index is 2.41. The summed E-state index contributed by atoms with van der Waals surface area (Å²) in [5.74, 6) is 0.366. The lowest BCUT2D eigenvalue weighted by Crippen LogP contribution is -2.27. The van der Waals surface area contributed by atoms with Gasteiger partial charge in [-0.2, -0.15) is 0 Å². The highest BCUT2D eigenvalue weighted by molar-refractivity contribution is 5.76. The fourth-order valence-electron chi connectivity index (χ4n) is 1.84. The van der Waals surface area contributed by atoms with Crippen LogP contribution in [0.5, 0.6) is 0 Å². The second-order valence-corrected chi connectivity index (χ2v) is 5.05. The second kappa shape index (κ2) is 7.79. The van der Waals surface area contributed by atoms with Crippen LogP contribution in [0.15, 0.2) is 24.3 Å². The minimum absolute atomic E-state index is 0.0778. The van der Waals surface area contributed by atoms with E-state index in [0.29, 0.717) is 19.5 Å². The standard InChI is InChI=1S/C15H25N3O/c1-4-12(10-16)9-15(19)17-11-13-5-7-14(8-6-13)18(2)3/h5-8,12H,4,9-11,16H2,1-3H3,(H,17,19). The van der Waals surface area contributed by atoms with Crippen LogP contribution in [0.2, 0.25) is 0 Å². The molecule has 0 aliphatic rings. The maximum Gasteiger partial charge on any atom is 0.220 e. The van der Waals surface area contributed by atoms with E-state index in [-0.39, 0.29) is 11.8 Å². The summed E-state index contributed by atoms with van der Waals surface area (Å²) in [5.41, 5.74) is 7.87. The molecule has 0 bridgehead atoms. The molecule has 19 heavy (non-hydrogen) atoms. The zero-order valence-electron chi connectivity index (χ0n) is 12.1. The van der Waals surface area contributed by atoms with Crippen LogP contribution in [0.3, 0.4) is 0 Å². The molecular formula is C15H25N3O. The average Bonchev–Trinajstić information content (AvgIpc) is 2.43. The van der Waals surface area contributed by atoms with Gasteiger partial charge in [-0.15, -0.1) is 0 Å². The van der Waals surface area contributed by atoms with Crippen LogP contribution in [0.25, 0.3) is 0 Å². The number of nitrogens with one attached hydrogen (secondary N) is 1. The molecule has 1 rings (SSSR count). The minimum atomic E-state index is 0.0778. The number of amides is 1. The van der Waals surface area contributed by atoms with Gasteiger partial charge in [-0.25, -0.2) is 0 Å². The molecule has 1 atom stereocenters. The number of carbonyl (C=O) groups is 1. The Morgan fingerprint density at radius 2 is 1.95 bits per heavy atom. The molecule has 0 aliphatic heterocycles. The van der Waals surface area contributed by atoms with Gasteiger partial charge in [-0.05, 0) is 30.2 Å². The molecule has 3 N–H and O–H groups in total. The average molecular weight is 263 g/mol. The van der Waals surface area contributed by atoms with Crippen molar-refractivity contribution >= 4 is 11.6 Å². The van der Waals surface area contributed by atoms with Crippen molar-refractivity contribution < 1.29 is 4.79 Å². The van der Waals surface area contributed by atoms with Gasteiger partial charge in [0.2, 0.25) is 5.91 Å².